The van der Waals surface area contributed by atoms with Crippen LogP contribution in [0.2, 0.25) is 0 Å². The van der Waals surface area contributed by atoms with Crippen LogP contribution in [0, 0.1) is 0 Å². The third kappa shape index (κ3) is 13.3. The first-order valence-electron chi connectivity index (χ1n) is 7.93. The lowest BCUT2D eigenvalue weighted by Gasteiger charge is -1.98. The molecule has 2 aromatic heterocycles. The van der Waals surface area contributed by atoms with Crippen molar-refractivity contribution in [2.75, 3.05) is 12.4 Å². The van der Waals surface area contributed by atoms with Crippen molar-refractivity contribution < 1.29 is 54.2 Å². The predicted molar refractivity (Wildman–Crippen MR) is 107 cm³/mol. The molecule has 2 aromatic rings. The van der Waals surface area contributed by atoms with Gasteiger partial charge in [0.2, 0.25) is 0 Å². The number of pyridine rings is 2. The van der Waals surface area contributed by atoms with Crippen LogP contribution in [0.4, 0.5) is 0 Å². The Hall–Kier alpha value is -1.56. The van der Waals surface area contributed by atoms with Gasteiger partial charge in [0, 0.05) is 46.4 Å². The smallest absolute Gasteiger partial charge is 0.257 e. The van der Waals surface area contributed by atoms with Crippen LogP contribution in [0.1, 0.15) is 11.1 Å². The maximum Gasteiger partial charge on any atom is 0.257 e. The first-order chi connectivity index (χ1) is 13.1. The molecule has 0 aliphatic carbocycles. The van der Waals surface area contributed by atoms with Crippen LogP contribution >= 0.6 is 25.3 Å². The number of oxime groups is 2. The van der Waals surface area contributed by atoms with Crippen LogP contribution < -0.4 is 33.9 Å². The number of nitrogens with zero attached hydrogens (tertiary/aromatic N) is 4. The zero-order valence-electron chi connectivity index (χ0n) is 15.4. The topological polar surface area (TPSA) is 102 Å². The minimum Gasteiger partial charge on any atom is -1.00 e. The average Bonchev–Trinajstić information content (AvgIpc) is 2.71. The van der Waals surface area contributed by atoms with Gasteiger partial charge < -0.3 is 40.3 Å². The Morgan fingerprint density at radius 1 is 0.897 bits per heavy atom. The standard InChI is InChI=1S/C14H14N4O3.C3H8OS2.2ClH/c19-15-9-13-1-5-17(6-2-13)11-21-12-18-7-3-14(4-8-18)10-16-20;4-1-3(6)2-5;;/h1-10H,11-12H2;3-6H,1-2H2;2*1H. The van der Waals surface area contributed by atoms with Gasteiger partial charge in [-0.3, -0.25) is 4.74 Å². The van der Waals surface area contributed by atoms with E-state index in [1.165, 1.54) is 12.4 Å². The SMILES string of the molecule is O/N=C/c1cc[n+](COC[n+]2ccc(/C=N/O)cc2)cc1.OCC(S)CS.[Cl-].[Cl-]. The zero-order valence-corrected chi connectivity index (χ0v) is 18.7. The largest absolute Gasteiger partial charge is 1.00 e. The molecule has 29 heavy (non-hydrogen) atoms. The number of aromatic nitrogens is 2. The molecule has 0 spiro atoms. The number of halogens is 2. The van der Waals surface area contributed by atoms with Gasteiger partial charge in [-0.2, -0.15) is 34.4 Å². The monoisotopic (exact) mass is 482 g/mol. The summed E-state index contributed by atoms with van der Waals surface area (Å²) in [5.41, 5.74) is 1.62. The number of aliphatic hydroxyl groups excluding tert-OH is 1. The lowest BCUT2D eigenvalue weighted by molar-refractivity contribution is -0.788. The average molecular weight is 483 g/mol. The summed E-state index contributed by atoms with van der Waals surface area (Å²) in [5, 5.41) is 31.0. The third-order valence-corrected chi connectivity index (χ3v) is 4.22. The molecule has 3 N–H and O–H groups in total. The van der Waals surface area contributed by atoms with Crippen molar-refractivity contribution in [1.29, 1.82) is 0 Å². The van der Waals surface area contributed by atoms with E-state index in [1.54, 1.807) is 0 Å². The second kappa shape index (κ2) is 18.5. The molecule has 0 saturated carbocycles. The summed E-state index contributed by atoms with van der Waals surface area (Å²) in [6.07, 6.45) is 10.1. The minimum atomic E-state index is 0. The zero-order chi connectivity index (χ0) is 19.9. The van der Waals surface area contributed by atoms with Gasteiger partial charge in [0.25, 0.3) is 13.5 Å². The normalized spacial score (nSPS) is 11.3. The highest BCUT2D eigenvalue weighted by Crippen LogP contribution is 1.93. The highest BCUT2D eigenvalue weighted by molar-refractivity contribution is 7.84. The summed E-state index contributed by atoms with van der Waals surface area (Å²) < 4.78 is 9.29. The molecule has 0 aromatic carbocycles. The van der Waals surface area contributed by atoms with E-state index in [-0.39, 0.29) is 36.7 Å². The van der Waals surface area contributed by atoms with E-state index in [1.807, 2.05) is 58.2 Å². The summed E-state index contributed by atoms with van der Waals surface area (Å²) in [6, 6.07) is 7.27. The maximum atomic E-state index is 8.42. The van der Waals surface area contributed by atoms with E-state index in [0.29, 0.717) is 19.2 Å². The molecule has 0 bridgehead atoms. The van der Waals surface area contributed by atoms with Gasteiger partial charge in [0.15, 0.2) is 24.8 Å². The lowest BCUT2D eigenvalue weighted by atomic mass is 10.3. The van der Waals surface area contributed by atoms with Crippen LogP contribution in [-0.4, -0.2) is 45.6 Å². The van der Waals surface area contributed by atoms with Crippen LogP contribution in [0.5, 0.6) is 0 Å². The first-order valence-corrected chi connectivity index (χ1v) is 9.08. The summed E-state index contributed by atoms with van der Waals surface area (Å²) in [6.45, 7) is 0.930. The van der Waals surface area contributed by atoms with Crippen LogP contribution in [0.15, 0.2) is 59.4 Å². The Balaban J connectivity index is 0. The molecule has 0 aliphatic heterocycles. The molecule has 162 valence electrons. The Morgan fingerprint density at radius 2 is 1.28 bits per heavy atom. The van der Waals surface area contributed by atoms with Crippen molar-refractivity contribution in [3.8, 4) is 0 Å². The van der Waals surface area contributed by atoms with E-state index in [4.69, 9.17) is 20.3 Å². The number of ether oxygens (including phenoxy) is 1. The number of hydrogen-bond donors (Lipinski definition) is 5. The fraction of sp³-hybridized carbons (Fsp3) is 0.294. The fourth-order valence-corrected chi connectivity index (χ4v) is 1.84. The summed E-state index contributed by atoms with van der Waals surface area (Å²) in [7, 11) is 0. The quantitative estimate of drug-likeness (QED) is 0.0852. The molecule has 0 aliphatic rings. The summed E-state index contributed by atoms with van der Waals surface area (Å²) in [4.78, 5) is 0. The van der Waals surface area contributed by atoms with Crippen LogP contribution in [-0.2, 0) is 18.2 Å². The number of rotatable bonds is 8. The summed E-state index contributed by atoms with van der Waals surface area (Å²) in [5.74, 6) is 0.639. The Bertz CT molecular complexity index is 648. The molecule has 2 heterocycles. The minimum absolute atomic E-state index is 0. The van der Waals surface area contributed by atoms with Gasteiger partial charge in [0.05, 0.1) is 19.0 Å². The van der Waals surface area contributed by atoms with Gasteiger partial charge in [-0.25, -0.2) is 0 Å². The van der Waals surface area contributed by atoms with Gasteiger partial charge in [-0.15, -0.1) is 0 Å². The van der Waals surface area contributed by atoms with E-state index in [2.05, 4.69) is 35.6 Å². The molecule has 12 heteroatoms. The molecular formula is C17H24Cl2N4O4S2. The second-order valence-electron chi connectivity index (χ2n) is 5.26. The van der Waals surface area contributed by atoms with Crippen LogP contribution in [0.3, 0.4) is 0 Å². The molecule has 8 nitrogen and oxygen atoms in total. The van der Waals surface area contributed by atoms with Crippen molar-refractivity contribution in [3.05, 3.63) is 60.2 Å². The van der Waals surface area contributed by atoms with E-state index in [0.717, 1.165) is 11.1 Å². The fourth-order valence-electron chi connectivity index (χ4n) is 1.72. The molecule has 1 unspecified atom stereocenters. The molecule has 0 radical (unpaired) electrons. The molecule has 2 rings (SSSR count). The Morgan fingerprint density at radius 3 is 1.52 bits per heavy atom. The molecular weight excluding hydrogens is 459 g/mol. The van der Waals surface area contributed by atoms with Crippen molar-refractivity contribution >= 4 is 37.7 Å². The Kier molecular flexibility index (Phi) is 18.9. The van der Waals surface area contributed by atoms with Crippen molar-refractivity contribution in [2.24, 2.45) is 10.3 Å². The van der Waals surface area contributed by atoms with Crippen molar-refractivity contribution in [3.63, 3.8) is 0 Å². The van der Waals surface area contributed by atoms with Crippen molar-refractivity contribution in [2.45, 2.75) is 18.7 Å². The molecule has 0 fully saturated rings. The highest BCUT2D eigenvalue weighted by atomic mass is 35.5. The van der Waals surface area contributed by atoms with Crippen molar-refractivity contribution in [1.82, 2.24) is 0 Å². The number of thiol groups is 2. The van der Waals surface area contributed by atoms with Crippen LogP contribution in [0.25, 0.3) is 0 Å². The second-order valence-corrected chi connectivity index (χ2v) is 6.36. The lowest BCUT2D eigenvalue weighted by Crippen LogP contribution is -3.00. The number of aliphatic hydroxyl groups is 1. The predicted octanol–water partition coefficient (Wildman–Crippen LogP) is -5.28. The van der Waals surface area contributed by atoms with Gasteiger partial charge in [0.1, 0.15) is 0 Å². The molecule has 0 saturated heterocycles. The van der Waals surface area contributed by atoms with Gasteiger partial charge >= 0.3 is 0 Å². The third-order valence-electron chi connectivity index (χ3n) is 3.15. The highest BCUT2D eigenvalue weighted by Gasteiger charge is 2.04. The maximum absolute atomic E-state index is 8.42. The van der Waals surface area contributed by atoms with Gasteiger partial charge in [-0.05, 0) is 0 Å². The summed E-state index contributed by atoms with van der Waals surface area (Å²) >= 11 is 7.76. The van der Waals surface area contributed by atoms with E-state index >= 15 is 0 Å². The van der Waals surface area contributed by atoms with E-state index < -0.39 is 0 Å². The molecule has 0 amide bonds. The van der Waals surface area contributed by atoms with E-state index in [9.17, 15) is 0 Å². The molecule has 1 atom stereocenters. The first kappa shape index (κ1) is 29.6. The Labute approximate surface area is 193 Å². The van der Waals surface area contributed by atoms with Gasteiger partial charge in [-0.1, -0.05) is 10.3 Å². The number of hydrogen-bond acceptors (Lipinski definition) is 8.